The molecule has 16 heavy (non-hydrogen) atoms. The summed E-state index contributed by atoms with van der Waals surface area (Å²) < 4.78 is 21.5. The molecule has 4 nitrogen and oxygen atoms in total. The zero-order valence-corrected chi connectivity index (χ0v) is 10.2. The quantitative estimate of drug-likeness (QED) is 0.840. The van der Waals surface area contributed by atoms with Gasteiger partial charge in [-0.1, -0.05) is 6.07 Å². The van der Waals surface area contributed by atoms with Crippen molar-refractivity contribution in [1.82, 2.24) is 0 Å². The Kier molecular flexibility index (Phi) is 3.93. The molecule has 0 atom stereocenters. The number of carboxylic acid groups (broad SMARTS) is 1. The third kappa shape index (κ3) is 3.83. The zero-order valence-electron chi connectivity index (χ0n) is 8.60. The monoisotopic (exact) mass is 262 g/mol. The van der Waals surface area contributed by atoms with Gasteiger partial charge in [0, 0.05) is 10.7 Å². The van der Waals surface area contributed by atoms with E-state index in [0.717, 1.165) is 11.1 Å². The molecule has 0 unspecified atom stereocenters. The third-order valence-corrected chi connectivity index (χ3v) is 3.36. The summed E-state index contributed by atoms with van der Waals surface area (Å²) in [4.78, 5) is 10.7. The minimum absolute atomic E-state index is 0.151. The van der Waals surface area contributed by atoms with Gasteiger partial charge < -0.3 is 5.11 Å². The van der Waals surface area contributed by atoms with Crippen LogP contribution < -0.4 is 0 Å². The number of aromatic carboxylic acids is 1. The molecule has 1 rings (SSSR count). The molecule has 0 amide bonds. The second-order valence-electron chi connectivity index (χ2n) is 3.44. The van der Waals surface area contributed by atoms with Gasteiger partial charge in [-0.3, -0.25) is 0 Å². The summed E-state index contributed by atoms with van der Waals surface area (Å²) in [6.07, 6.45) is 0.289. The Morgan fingerprint density at radius 2 is 2.06 bits per heavy atom. The van der Waals surface area contributed by atoms with E-state index >= 15 is 0 Å². The molecule has 1 N–H and O–H groups in total. The lowest BCUT2D eigenvalue weighted by Crippen LogP contribution is -2.04. The largest absolute Gasteiger partial charge is 0.478 e. The Morgan fingerprint density at radius 1 is 1.44 bits per heavy atom. The fourth-order valence-electron chi connectivity index (χ4n) is 1.34. The van der Waals surface area contributed by atoms with Crippen LogP contribution in [0.1, 0.15) is 21.5 Å². The summed E-state index contributed by atoms with van der Waals surface area (Å²) in [5, 5.41) is 8.74. The van der Waals surface area contributed by atoms with Gasteiger partial charge in [-0.25, -0.2) is 13.2 Å². The average Bonchev–Trinajstić information content (AvgIpc) is 2.14. The second-order valence-corrected chi connectivity index (χ2v) is 6.34. The number of rotatable bonds is 4. The van der Waals surface area contributed by atoms with Crippen LogP contribution in [-0.4, -0.2) is 25.2 Å². The zero-order chi connectivity index (χ0) is 12.3. The van der Waals surface area contributed by atoms with E-state index in [1.165, 1.54) is 12.1 Å². The van der Waals surface area contributed by atoms with Gasteiger partial charge in [-0.15, -0.1) is 0 Å². The van der Waals surface area contributed by atoms with Crippen LogP contribution in [0.25, 0.3) is 0 Å². The fourth-order valence-corrected chi connectivity index (χ4v) is 2.04. The van der Waals surface area contributed by atoms with Crippen molar-refractivity contribution in [3.05, 3.63) is 34.9 Å². The summed E-state index contributed by atoms with van der Waals surface area (Å²) in [5.74, 6) is -1.15. The van der Waals surface area contributed by atoms with E-state index in [4.69, 9.17) is 15.8 Å². The van der Waals surface area contributed by atoms with Gasteiger partial charge in [-0.05, 0) is 36.6 Å². The normalized spacial score (nSPS) is 11.4. The average molecular weight is 263 g/mol. The highest BCUT2D eigenvalue weighted by Crippen LogP contribution is 2.13. The number of benzene rings is 1. The first kappa shape index (κ1) is 13.0. The maximum atomic E-state index is 10.8. The molecule has 0 spiro atoms. The van der Waals surface area contributed by atoms with E-state index in [0.29, 0.717) is 0 Å². The molecule has 0 aliphatic heterocycles. The van der Waals surface area contributed by atoms with E-state index in [9.17, 15) is 13.2 Å². The highest BCUT2D eigenvalue weighted by molar-refractivity contribution is 8.13. The van der Waals surface area contributed by atoms with Crippen molar-refractivity contribution in [2.24, 2.45) is 0 Å². The van der Waals surface area contributed by atoms with Crippen molar-refractivity contribution in [3.63, 3.8) is 0 Å². The highest BCUT2D eigenvalue weighted by Gasteiger charge is 2.09. The Labute approximate surface area is 98.3 Å². The standard InChI is InChI=1S/C10H11ClO4S/c1-7-6-9(10(12)13)3-2-8(7)4-5-16(11,14)15/h2-3,6H,4-5H2,1H3,(H,12,13). The van der Waals surface area contributed by atoms with Crippen LogP contribution in [0, 0.1) is 6.92 Å². The van der Waals surface area contributed by atoms with Gasteiger partial charge in [0.15, 0.2) is 0 Å². The molecule has 0 aliphatic carbocycles. The van der Waals surface area contributed by atoms with Crippen LogP contribution in [0.3, 0.4) is 0 Å². The first-order chi connectivity index (χ1) is 7.29. The number of aryl methyl sites for hydroxylation is 2. The van der Waals surface area contributed by atoms with Crippen LogP contribution in [0.4, 0.5) is 0 Å². The lowest BCUT2D eigenvalue weighted by atomic mass is 10.0. The molecule has 0 saturated heterocycles. The van der Waals surface area contributed by atoms with Gasteiger partial charge in [0.25, 0.3) is 0 Å². The lowest BCUT2D eigenvalue weighted by Gasteiger charge is -2.05. The third-order valence-electron chi connectivity index (χ3n) is 2.20. The molecule has 0 saturated carbocycles. The molecule has 0 heterocycles. The van der Waals surface area contributed by atoms with E-state index in [-0.39, 0.29) is 17.7 Å². The van der Waals surface area contributed by atoms with Gasteiger partial charge >= 0.3 is 5.97 Å². The van der Waals surface area contributed by atoms with Crippen LogP contribution in [0.15, 0.2) is 18.2 Å². The van der Waals surface area contributed by atoms with Crippen LogP contribution >= 0.6 is 10.7 Å². The maximum absolute atomic E-state index is 10.8. The number of carboxylic acids is 1. The predicted octanol–water partition coefficient (Wildman–Crippen LogP) is 1.80. The topological polar surface area (TPSA) is 71.4 Å². The van der Waals surface area contributed by atoms with Crippen LogP contribution in [0.5, 0.6) is 0 Å². The Bertz CT molecular complexity index is 508. The Balaban J connectivity index is 2.88. The van der Waals surface area contributed by atoms with Crippen molar-refractivity contribution >= 4 is 25.7 Å². The number of carbonyl (C=O) groups is 1. The molecule has 6 heteroatoms. The molecular formula is C10H11ClO4S. The van der Waals surface area contributed by atoms with Crippen molar-refractivity contribution in [2.75, 3.05) is 5.75 Å². The van der Waals surface area contributed by atoms with E-state index in [1.807, 2.05) is 0 Å². The number of hydrogen-bond donors (Lipinski definition) is 1. The van der Waals surface area contributed by atoms with Crippen molar-refractivity contribution in [3.8, 4) is 0 Å². The molecule has 1 aromatic carbocycles. The highest BCUT2D eigenvalue weighted by atomic mass is 35.7. The van der Waals surface area contributed by atoms with Gasteiger partial charge in [0.2, 0.25) is 9.05 Å². The van der Waals surface area contributed by atoms with Crippen molar-refractivity contribution < 1.29 is 18.3 Å². The molecule has 0 aromatic heterocycles. The minimum atomic E-state index is -3.51. The Hall–Kier alpha value is -1.07. The van der Waals surface area contributed by atoms with Gasteiger partial charge in [-0.2, -0.15) is 0 Å². The van der Waals surface area contributed by atoms with Crippen LogP contribution in [0.2, 0.25) is 0 Å². The predicted molar refractivity (Wildman–Crippen MR) is 61.5 cm³/mol. The number of halogens is 1. The summed E-state index contributed by atoms with van der Waals surface area (Å²) >= 11 is 0. The maximum Gasteiger partial charge on any atom is 0.335 e. The molecule has 1 aromatic rings. The summed E-state index contributed by atoms with van der Waals surface area (Å²) in [6.45, 7) is 1.74. The molecule has 0 fully saturated rings. The first-order valence-electron chi connectivity index (χ1n) is 4.55. The van der Waals surface area contributed by atoms with E-state index in [2.05, 4.69) is 0 Å². The summed E-state index contributed by atoms with van der Waals surface area (Å²) in [7, 11) is 1.59. The van der Waals surface area contributed by atoms with Crippen molar-refractivity contribution in [1.29, 1.82) is 0 Å². The SMILES string of the molecule is Cc1cc(C(=O)O)ccc1CCS(=O)(=O)Cl. The minimum Gasteiger partial charge on any atom is -0.478 e. The first-order valence-corrected chi connectivity index (χ1v) is 7.02. The number of hydrogen-bond acceptors (Lipinski definition) is 3. The van der Waals surface area contributed by atoms with Crippen molar-refractivity contribution in [2.45, 2.75) is 13.3 Å². The van der Waals surface area contributed by atoms with Crippen LogP contribution in [-0.2, 0) is 15.5 Å². The molecule has 0 bridgehead atoms. The van der Waals surface area contributed by atoms with E-state index < -0.39 is 15.0 Å². The molecule has 0 aliphatic rings. The van der Waals surface area contributed by atoms with E-state index in [1.54, 1.807) is 13.0 Å². The fraction of sp³-hybridized carbons (Fsp3) is 0.300. The Morgan fingerprint density at radius 3 is 2.50 bits per heavy atom. The second kappa shape index (κ2) is 4.84. The summed E-state index contributed by atoms with van der Waals surface area (Å²) in [6, 6.07) is 4.57. The molecular weight excluding hydrogens is 252 g/mol. The summed E-state index contributed by atoms with van der Waals surface area (Å²) in [5.41, 5.74) is 1.73. The van der Waals surface area contributed by atoms with Gasteiger partial charge in [0.1, 0.15) is 0 Å². The molecule has 0 radical (unpaired) electrons. The smallest absolute Gasteiger partial charge is 0.335 e. The molecule has 88 valence electrons. The van der Waals surface area contributed by atoms with Gasteiger partial charge in [0.05, 0.1) is 11.3 Å². The lowest BCUT2D eigenvalue weighted by molar-refractivity contribution is 0.0696.